The van der Waals surface area contributed by atoms with E-state index in [-0.39, 0.29) is 5.92 Å². The molecule has 1 saturated carbocycles. The van der Waals surface area contributed by atoms with Gasteiger partial charge in [0.25, 0.3) is 0 Å². The van der Waals surface area contributed by atoms with Gasteiger partial charge in [0.15, 0.2) is 5.65 Å². The van der Waals surface area contributed by atoms with Crippen molar-refractivity contribution in [1.82, 2.24) is 19.5 Å². The van der Waals surface area contributed by atoms with E-state index < -0.39 is 0 Å². The molecule has 5 rings (SSSR count). The Morgan fingerprint density at radius 2 is 2.22 bits per heavy atom. The molecule has 0 N–H and O–H groups in total. The summed E-state index contributed by atoms with van der Waals surface area (Å²) in [6, 6.07) is 2.00. The normalized spacial score (nSPS) is 28.6. The van der Waals surface area contributed by atoms with Crippen LogP contribution in [0.4, 0.5) is 0 Å². The molecule has 3 aliphatic rings. The SMILES string of the molecule is Cc1cc2ncc3c(n2n1)CCN(C(=O)C1CC2C=CC1C2)C3. The lowest BCUT2D eigenvalue weighted by Crippen LogP contribution is -2.41. The van der Waals surface area contributed by atoms with E-state index in [0.717, 1.165) is 36.3 Å². The molecule has 0 saturated heterocycles. The highest BCUT2D eigenvalue weighted by Gasteiger charge is 2.42. The van der Waals surface area contributed by atoms with Crippen LogP contribution in [0.15, 0.2) is 24.4 Å². The number of hydrogen-bond acceptors (Lipinski definition) is 3. The first-order valence-corrected chi connectivity index (χ1v) is 8.49. The first kappa shape index (κ1) is 13.3. The van der Waals surface area contributed by atoms with E-state index in [1.807, 2.05) is 28.6 Å². The maximum Gasteiger partial charge on any atom is 0.226 e. The van der Waals surface area contributed by atoms with Gasteiger partial charge in [-0.2, -0.15) is 5.10 Å². The lowest BCUT2D eigenvalue weighted by Gasteiger charge is -2.32. The van der Waals surface area contributed by atoms with Crippen molar-refractivity contribution in [3.8, 4) is 0 Å². The smallest absolute Gasteiger partial charge is 0.226 e. The monoisotopic (exact) mass is 308 g/mol. The van der Waals surface area contributed by atoms with Crippen LogP contribution in [-0.2, 0) is 17.8 Å². The summed E-state index contributed by atoms with van der Waals surface area (Å²) in [5.41, 5.74) is 4.23. The van der Waals surface area contributed by atoms with Gasteiger partial charge in [0, 0.05) is 43.3 Å². The topological polar surface area (TPSA) is 50.5 Å². The van der Waals surface area contributed by atoms with Gasteiger partial charge in [0.2, 0.25) is 5.91 Å². The van der Waals surface area contributed by atoms with Gasteiger partial charge in [-0.25, -0.2) is 9.50 Å². The molecule has 23 heavy (non-hydrogen) atoms. The molecule has 2 aromatic heterocycles. The fourth-order valence-corrected chi connectivity index (χ4v) is 4.54. The molecule has 3 heterocycles. The van der Waals surface area contributed by atoms with Gasteiger partial charge < -0.3 is 4.90 Å². The minimum Gasteiger partial charge on any atom is -0.338 e. The minimum absolute atomic E-state index is 0.204. The number of nitrogens with zero attached hydrogens (tertiary/aromatic N) is 4. The van der Waals surface area contributed by atoms with Gasteiger partial charge in [0.1, 0.15) is 0 Å². The molecule has 3 unspecified atom stereocenters. The average Bonchev–Trinajstić information content (AvgIpc) is 3.27. The van der Waals surface area contributed by atoms with Gasteiger partial charge >= 0.3 is 0 Å². The van der Waals surface area contributed by atoms with Crippen molar-refractivity contribution in [2.24, 2.45) is 17.8 Å². The summed E-state index contributed by atoms with van der Waals surface area (Å²) < 4.78 is 1.95. The van der Waals surface area contributed by atoms with Gasteiger partial charge in [-0.05, 0) is 31.6 Å². The van der Waals surface area contributed by atoms with Crippen LogP contribution in [0.3, 0.4) is 0 Å². The Bertz CT molecular complexity index is 837. The molecule has 0 aromatic carbocycles. The van der Waals surface area contributed by atoms with E-state index in [1.165, 1.54) is 12.1 Å². The maximum absolute atomic E-state index is 12.9. The van der Waals surface area contributed by atoms with Crippen molar-refractivity contribution >= 4 is 11.6 Å². The van der Waals surface area contributed by atoms with Gasteiger partial charge in [-0.1, -0.05) is 12.2 Å². The molecule has 2 aromatic rings. The minimum atomic E-state index is 0.204. The number of amides is 1. The van der Waals surface area contributed by atoms with Gasteiger partial charge in [-0.3, -0.25) is 4.79 Å². The van der Waals surface area contributed by atoms with E-state index in [4.69, 9.17) is 0 Å². The lowest BCUT2D eigenvalue weighted by molar-refractivity contribution is -0.137. The van der Waals surface area contributed by atoms with E-state index in [2.05, 4.69) is 22.2 Å². The largest absolute Gasteiger partial charge is 0.338 e. The van der Waals surface area contributed by atoms with E-state index >= 15 is 0 Å². The zero-order chi connectivity index (χ0) is 15.6. The van der Waals surface area contributed by atoms with Crippen LogP contribution in [0.5, 0.6) is 0 Å². The standard InChI is InChI=1S/C18H20N4O/c1-11-6-17-19-9-14-10-21(5-4-16(14)22(17)20-11)18(23)15-8-12-2-3-13(15)7-12/h2-3,6,9,12-13,15H,4-5,7-8,10H2,1H3. The quantitative estimate of drug-likeness (QED) is 0.758. The van der Waals surface area contributed by atoms with Crippen LogP contribution in [0, 0.1) is 24.7 Å². The average molecular weight is 308 g/mol. The van der Waals surface area contributed by atoms with Crippen LogP contribution in [-0.4, -0.2) is 31.9 Å². The third-order valence-corrected chi connectivity index (χ3v) is 5.68. The van der Waals surface area contributed by atoms with Crippen LogP contribution in [0.1, 0.15) is 29.8 Å². The fraction of sp³-hybridized carbons (Fsp3) is 0.500. The van der Waals surface area contributed by atoms with Crippen molar-refractivity contribution in [2.75, 3.05) is 6.54 Å². The summed E-state index contributed by atoms with van der Waals surface area (Å²) >= 11 is 0. The van der Waals surface area contributed by atoms with E-state index in [9.17, 15) is 4.79 Å². The van der Waals surface area contributed by atoms with Crippen LogP contribution in [0.25, 0.3) is 5.65 Å². The molecular weight excluding hydrogens is 288 g/mol. The van der Waals surface area contributed by atoms with Crippen molar-refractivity contribution in [3.63, 3.8) is 0 Å². The molecule has 2 aliphatic carbocycles. The van der Waals surface area contributed by atoms with Crippen molar-refractivity contribution < 1.29 is 4.79 Å². The number of allylic oxidation sites excluding steroid dienone is 2. The third-order valence-electron chi connectivity index (χ3n) is 5.68. The van der Waals surface area contributed by atoms with E-state index in [1.54, 1.807) is 0 Å². The number of carbonyl (C=O) groups excluding carboxylic acids is 1. The van der Waals surface area contributed by atoms with Crippen molar-refractivity contribution in [2.45, 2.75) is 32.7 Å². The maximum atomic E-state index is 12.9. The van der Waals surface area contributed by atoms with Crippen molar-refractivity contribution in [1.29, 1.82) is 0 Å². The summed E-state index contributed by atoms with van der Waals surface area (Å²) in [5, 5.41) is 4.55. The fourth-order valence-electron chi connectivity index (χ4n) is 4.54. The zero-order valence-electron chi connectivity index (χ0n) is 13.3. The third kappa shape index (κ3) is 1.95. The first-order chi connectivity index (χ1) is 11.2. The second-order valence-corrected chi connectivity index (χ2v) is 7.18. The number of aryl methyl sites for hydroxylation is 1. The molecule has 1 fully saturated rings. The molecule has 0 spiro atoms. The Labute approximate surface area is 135 Å². The summed E-state index contributed by atoms with van der Waals surface area (Å²) in [6.45, 7) is 3.46. The Morgan fingerprint density at radius 1 is 1.30 bits per heavy atom. The highest BCUT2D eigenvalue weighted by atomic mass is 16.2. The van der Waals surface area contributed by atoms with Gasteiger partial charge in [-0.15, -0.1) is 0 Å². The zero-order valence-corrected chi connectivity index (χ0v) is 13.3. The number of aromatic nitrogens is 3. The molecule has 1 amide bonds. The molecule has 5 nitrogen and oxygen atoms in total. The van der Waals surface area contributed by atoms with E-state index in [0.29, 0.717) is 24.3 Å². The Morgan fingerprint density at radius 3 is 3.00 bits per heavy atom. The second kappa shape index (κ2) is 4.66. The first-order valence-electron chi connectivity index (χ1n) is 8.49. The molecule has 118 valence electrons. The number of rotatable bonds is 1. The second-order valence-electron chi connectivity index (χ2n) is 7.18. The van der Waals surface area contributed by atoms with Crippen LogP contribution >= 0.6 is 0 Å². The molecule has 3 atom stereocenters. The number of fused-ring (bicyclic) bond motifs is 5. The Balaban J connectivity index is 1.43. The highest BCUT2D eigenvalue weighted by molar-refractivity contribution is 5.80. The molecule has 1 aliphatic heterocycles. The summed E-state index contributed by atoms with van der Waals surface area (Å²) in [4.78, 5) is 19.4. The summed E-state index contributed by atoms with van der Waals surface area (Å²) in [7, 11) is 0. The molecule has 0 radical (unpaired) electrons. The highest BCUT2D eigenvalue weighted by Crippen LogP contribution is 2.44. The molecule has 2 bridgehead atoms. The summed E-state index contributed by atoms with van der Waals surface area (Å²) in [6.07, 6.45) is 9.55. The predicted molar refractivity (Wildman–Crippen MR) is 85.7 cm³/mol. The summed E-state index contributed by atoms with van der Waals surface area (Å²) in [5.74, 6) is 1.65. The Kier molecular flexibility index (Phi) is 2.69. The lowest BCUT2D eigenvalue weighted by atomic mass is 9.91. The number of hydrogen-bond donors (Lipinski definition) is 0. The van der Waals surface area contributed by atoms with Gasteiger partial charge in [0.05, 0.1) is 11.4 Å². The van der Waals surface area contributed by atoms with Crippen LogP contribution in [0.2, 0.25) is 0 Å². The Hall–Kier alpha value is -2.17. The molecular formula is C18H20N4O. The van der Waals surface area contributed by atoms with Crippen molar-refractivity contribution in [3.05, 3.63) is 41.4 Å². The molecule has 5 heteroatoms. The van der Waals surface area contributed by atoms with Crippen LogP contribution < -0.4 is 0 Å². The predicted octanol–water partition coefficient (Wildman–Crippen LogP) is 2.13. The number of carbonyl (C=O) groups is 1.